The standard InChI is InChI=1S/C16H14ClN5O4S/c1-9-11(5-6-26-9)15-19-20-16(21(15)2)27-8-14(23)18-10-3-4-12(17)13(7-10)22(24)25/h3-7H,8H2,1-2H3,(H,18,23). The number of thioether (sulfide) groups is 1. The van der Waals surface area contributed by atoms with E-state index >= 15 is 0 Å². The molecule has 27 heavy (non-hydrogen) atoms. The number of amides is 1. The minimum absolute atomic E-state index is 0.00790. The molecule has 0 fully saturated rings. The maximum atomic E-state index is 12.1. The van der Waals surface area contributed by atoms with Gasteiger partial charge in [0.25, 0.3) is 5.69 Å². The van der Waals surface area contributed by atoms with Gasteiger partial charge in [0.15, 0.2) is 11.0 Å². The van der Waals surface area contributed by atoms with E-state index in [9.17, 15) is 14.9 Å². The van der Waals surface area contributed by atoms with Crippen molar-refractivity contribution < 1.29 is 14.1 Å². The van der Waals surface area contributed by atoms with E-state index in [4.69, 9.17) is 16.0 Å². The summed E-state index contributed by atoms with van der Waals surface area (Å²) in [5.41, 5.74) is 0.856. The van der Waals surface area contributed by atoms with Gasteiger partial charge in [-0.1, -0.05) is 23.4 Å². The smallest absolute Gasteiger partial charge is 0.289 e. The van der Waals surface area contributed by atoms with E-state index in [-0.39, 0.29) is 22.4 Å². The number of rotatable bonds is 6. The third kappa shape index (κ3) is 4.12. The zero-order chi connectivity index (χ0) is 19.6. The molecule has 0 unspecified atom stereocenters. The topological polar surface area (TPSA) is 116 Å². The molecule has 0 saturated carbocycles. The fourth-order valence-electron chi connectivity index (χ4n) is 2.35. The molecule has 0 spiro atoms. The molecule has 11 heteroatoms. The van der Waals surface area contributed by atoms with Crippen molar-refractivity contribution in [3.8, 4) is 11.4 Å². The number of carbonyl (C=O) groups excluding carboxylic acids is 1. The Kier molecular flexibility index (Phi) is 5.47. The van der Waals surface area contributed by atoms with Crippen molar-refractivity contribution in [3.05, 3.63) is 51.4 Å². The first-order valence-electron chi connectivity index (χ1n) is 7.67. The molecule has 2 heterocycles. The van der Waals surface area contributed by atoms with E-state index in [1.165, 1.54) is 30.0 Å². The van der Waals surface area contributed by atoms with Gasteiger partial charge in [-0.05, 0) is 25.1 Å². The average Bonchev–Trinajstić information content (AvgIpc) is 3.20. The van der Waals surface area contributed by atoms with Crippen LogP contribution < -0.4 is 5.32 Å². The molecule has 1 amide bonds. The lowest BCUT2D eigenvalue weighted by Gasteiger charge is -2.06. The highest BCUT2D eigenvalue weighted by atomic mass is 35.5. The van der Waals surface area contributed by atoms with Gasteiger partial charge >= 0.3 is 0 Å². The number of aromatic nitrogens is 3. The lowest BCUT2D eigenvalue weighted by molar-refractivity contribution is -0.384. The van der Waals surface area contributed by atoms with E-state index in [1.54, 1.807) is 23.9 Å². The molecule has 0 aliphatic heterocycles. The first-order valence-corrected chi connectivity index (χ1v) is 9.03. The molecule has 0 radical (unpaired) electrons. The van der Waals surface area contributed by atoms with Crippen LogP contribution in [0.4, 0.5) is 11.4 Å². The van der Waals surface area contributed by atoms with Crippen molar-refractivity contribution in [2.45, 2.75) is 12.1 Å². The van der Waals surface area contributed by atoms with Gasteiger partial charge < -0.3 is 14.3 Å². The van der Waals surface area contributed by atoms with Crippen molar-refractivity contribution in [2.24, 2.45) is 7.05 Å². The minimum Gasteiger partial charge on any atom is -0.469 e. The Labute approximate surface area is 162 Å². The van der Waals surface area contributed by atoms with Crippen LogP contribution in [-0.4, -0.2) is 31.3 Å². The van der Waals surface area contributed by atoms with Crippen LogP contribution in [0.3, 0.4) is 0 Å². The molecule has 9 nitrogen and oxygen atoms in total. The van der Waals surface area contributed by atoms with Crippen LogP contribution in [0, 0.1) is 17.0 Å². The number of nitrogens with zero attached hydrogens (tertiary/aromatic N) is 4. The summed E-state index contributed by atoms with van der Waals surface area (Å²) in [5.74, 6) is 1.09. The summed E-state index contributed by atoms with van der Waals surface area (Å²) in [6, 6.07) is 5.88. The molecule has 0 bridgehead atoms. The summed E-state index contributed by atoms with van der Waals surface area (Å²) in [7, 11) is 1.80. The predicted octanol–water partition coefficient (Wildman–Crippen LogP) is 3.68. The quantitative estimate of drug-likeness (QED) is 0.376. The van der Waals surface area contributed by atoms with Crippen LogP contribution in [0.2, 0.25) is 5.02 Å². The summed E-state index contributed by atoms with van der Waals surface area (Å²) in [5, 5.41) is 22.3. The van der Waals surface area contributed by atoms with Crippen LogP contribution in [0.15, 0.2) is 40.1 Å². The Morgan fingerprint density at radius 1 is 1.41 bits per heavy atom. The SMILES string of the molecule is Cc1occc1-c1nnc(SCC(=O)Nc2ccc(Cl)c([N+](=O)[O-])c2)n1C. The van der Waals surface area contributed by atoms with E-state index < -0.39 is 4.92 Å². The van der Waals surface area contributed by atoms with Gasteiger partial charge in [-0.25, -0.2) is 0 Å². The Hall–Kier alpha value is -2.85. The molecule has 140 valence electrons. The minimum atomic E-state index is -0.605. The summed E-state index contributed by atoms with van der Waals surface area (Å²) in [4.78, 5) is 22.5. The highest BCUT2D eigenvalue weighted by molar-refractivity contribution is 7.99. The second-order valence-corrected chi connectivity index (χ2v) is 6.87. The first-order chi connectivity index (χ1) is 12.9. The first kappa shape index (κ1) is 18.9. The fourth-order valence-corrected chi connectivity index (χ4v) is 3.25. The largest absolute Gasteiger partial charge is 0.469 e. The zero-order valence-corrected chi connectivity index (χ0v) is 15.9. The van der Waals surface area contributed by atoms with Crippen LogP contribution in [0.5, 0.6) is 0 Å². The molecular weight excluding hydrogens is 394 g/mol. The highest BCUT2D eigenvalue weighted by Gasteiger charge is 2.17. The van der Waals surface area contributed by atoms with Crippen LogP contribution in [-0.2, 0) is 11.8 Å². The second kappa shape index (κ2) is 7.80. The van der Waals surface area contributed by atoms with Gasteiger partial charge in [0.2, 0.25) is 5.91 Å². The van der Waals surface area contributed by atoms with Gasteiger partial charge in [0.1, 0.15) is 10.8 Å². The van der Waals surface area contributed by atoms with Crippen LogP contribution >= 0.6 is 23.4 Å². The molecule has 2 aromatic heterocycles. The summed E-state index contributed by atoms with van der Waals surface area (Å²) >= 11 is 6.96. The van der Waals surface area contributed by atoms with Crippen molar-refractivity contribution in [1.29, 1.82) is 0 Å². The van der Waals surface area contributed by atoms with Crippen molar-refractivity contribution in [2.75, 3.05) is 11.1 Å². The number of furan rings is 1. The normalized spacial score (nSPS) is 10.8. The van der Waals surface area contributed by atoms with E-state index in [1.807, 2.05) is 6.92 Å². The maximum absolute atomic E-state index is 12.1. The van der Waals surface area contributed by atoms with Gasteiger partial charge in [-0.3, -0.25) is 14.9 Å². The summed E-state index contributed by atoms with van der Waals surface area (Å²) < 4.78 is 7.04. The average molecular weight is 408 g/mol. The second-order valence-electron chi connectivity index (χ2n) is 5.52. The number of carbonyl (C=O) groups is 1. The molecule has 0 saturated heterocycles. The highest BCUT2D eigenvalue weighted by Crippen LogP contribution is 2.28. The fraction of sp³-hybridized carbons (Fsp3) is 0.188. The van der Waals surface area contributed by atoms with Gasteiger partial charge in [0, 0.05) is 18.8 Å². The Bertz CT molecular complexity index is 1020. The van der Waals surface area contributed by atoms with Crippen molar-refractivity contribution in [3.63, 3.8) is 0 Å². The molecule has 0 aliphatic carbocycles. The van der Waals surface area contributed by atoms with Gasteiger partial charge in [-0.2, -0.15) is 0 Å². The Balaban J connectivity index is 1.65. The monoisotopic (exact) mass is 407 g/mol. The molecule has 0 aliphatic rings. The van der Waals surface area contributed by atoms with E-state index in [0.717, 1.165) is 11.3 Å². The molecular formula is C16H14ClN5O4S. The number of hydrogen-bond donors (Lipinski definition) is 1. The van der Waals surface area contributed by atoms with Gasteiger partial charge in [0.05, 0.1) is 22.5 Å². The third-order valence-electron chi connectivity index (χ3n) is 3.69. The predicted molar refractivity (Wildman–Crippen MR) is 101 cm³/mol. The molecule has 3 rings (SSSR count). The van der Waals surface area contributed by atoms with Crippen molar-refractivity contribution >= 4 is 40.6 Å². The maximum Gasteiger partial charge on any atom is 0.289 e. The molecule has 1 aromatic carbocycles. The number of nitro benzene ring substituents is 1. The lowest BCUT2D eigenvalue weighted by Crippen LogP contribution is -2.14. The molecule has 3 aromatic rings. The number of anilines is 1. The number of nitro groups is 1. The number of hydrogen-bond acceptors (Lipinski definition) is 7. The Morgan fingerprint density at radius 3 is 2.85 bits per heavy atom. The number of aryl methyl sites for hydroxylation is 1. The summed E-state index contributed by atoms with van der Waals surface area (Å²) in [6.07, 6.45) is 1.57. The van der Waals surface area contributed by atoms with Crippen molar-refractivity contribution in [1.82, 2.24) is 14.8 Å². The van der Waals surface area contributed by atoms with Crippen LogP contribution in [0.25, 0.3) is 11.4 Å². The number of benzene rings is 1. The number of nitrogens with one attached hydrogen (secondary N) is 1. The van der Waals surface area contributed by atoms with Crippen LogP contribution in [0.1, 0.15) is 5.76 Å². The third-order valence-corrected chi connectivity index (χ3v) is 5.03. The Morgan fingerprint density at radius 2 is 2.19 bits per heavy atom. The molecule has 1 N–H and O–H groups in total. The lowest BCUT2D eigenvalue weighted by atomic mass is 10.2. The zero-order valence-electron chi connectivity index (χ0n) is 14.3. The number of halogens is 1. The van der Waals surface area contributed by atoms with E-state index in [0.29, 0.717) is 16.7 Å². The van der Waals surface area contributed by atoms with Gasteiger partial charge in [-0.15, -0.1) is 10.2 Å². The molecule has 0 atom stereocenters. The summed E-state index contributed by atoms with van der Waals surface area (Å²) in [6.45, 7) is 1.83. The van der Waals surface area contributed by atoms with E-state index in [2.05, 4.69) is 15.5 Å².